The Kier molecular flexibility index (Phi) is 2.93. The van der Waals surface area contributed by atoms with Crippen molar-refractivity contribution in [3.8, 4) is 11.6 Å². The highest BCUT2D eigenvalue weighted by molar-refractivity contribution is 6.33. The van der Waals surface area contributed by atoms with Gasteiger partial charge in [0.2, 0.25) is 5.88 Å². The Morgan fingerprint density at radius 2 is 1.89 bits per heavy atom. The van der Waals surface area contributed by atoms with Gasteiger partial charge in [0.1, 0.15) is 12.1 Å². The summed E-state index contributed by atoms with van der Waals surface area (Å²) in [6.07, 6.45) is 1.47. The molecule has 19 heavy (non-hydrogen) atoms. The fourth-order valence-corrected chi connectivity index (χ4v) is 1.91. The Bertz CT molecular complexity index is 740. The van der Waals surface area contributed by atoms with Crippen molar-refractivity contribution < 1.29 is 4.74 Å². The fourth-order valence-electron chi connectivity index (χ4n) is 1.74. The van der Waals surface area contributed by atoms with Crippen LogP contribution in [0, 0.1) is 0 Å². The standard InChI is InChI=1S/C14H10ClN3O/c15-11-7-9(5-6-12(11)16)19-14-10-3-1-2-4-13(10)17-8-18-14/h1-8H,16H2. The van der Waals surface area contributed by atoms with Crippen molar-refractivity contribution in [2.45, 2.75) is 0 Å². The van der Waals surface area contributed by atoms with E-state index >= 15 is 0 Å². The first-order valence-electron chi connectivity index (χ1n) is 5.66. The van der Waals surface area contributed by atoms with E-state index in [9.17, 15) is 0 Å². The summed E-state index contributed by atoms with van der Waals surface area (Å²) in [5.74, 6) is 1.08. The van der Waals surface area contributed by atoms with Crippen molar-refractivity contribution in [3.05, 3.63) is 53.8 Å². The van der Waals surface area contributed by atoms with E-state index < -0.39 is 0 Å². The lowest BCUT2D eigenvalue weighted by atomic mass is 10.2. The van der Waals surface area contributed by atoms with Crippen molar-refractivity contribution in [1.29, 1.82) is 0 Å². The van der Waals surface area contributed by atoms with Crippen molar-refractivity contribution >= 4 is 28.2 Å². The molecule has 94 valence electrons. The largest absolute Gasteiger partial charge is 0.438 e. The molecule has 0 atom stereocenters. The van der Waals surface area contributed by atoms with Crippen LogP contribution in [0.1, 0.15) is 0 Å². The summed E-state index contributed by atoms with van der Waals surface area (Å²) in [6, 6.07) is 12.7. The normalized spacial score (nSPS) is 10.6. The third-order valence-electron chi connectivity index (χ3n) is 2.69. The molecule has 0 saturated heterocycles. The van der Waals surface area contributed by atoms with Crippen LogP contribution in [-0.2, 0) is 0 Å². The molecule has 0 saturated carbocycles. The van der Waals surface area contributed by atoms with Gasteiger partial charge in [0, 0.05) is 6.07 Å². The number of hydrogen-bond acceptors (Lipinski definition) is 4. The van der Waals surface area contributed by atoms with Crippen LogP contribution < -0.4 is 10.5 Å². The average Bonchev–Trinajstić information content (AvgIpc) is 2.43. The molecule has 0 bridgehead atoms. The van der Waals surface area contributed by atoms with Gasteiger partial charge in [0.05, 0.1) is 21.6 Å². The van der Waals surface area contributed by atoms with E-state index in [1.165, 1.54) is 6.33 Å². The van der Waals surface area contributed by atoms with Gasteiger partial charge in [-0.05, 0) is 24.3 Å². The molecule has 0 unspecified atom stereocenters. The van der Waals surface area contributed by atoms with Crippen molar-refractivity contribution in [1.82, 2.24) is 9.97 Å². The van der Waals surface area contributed by atoms with Crippen LogP contribution in [0.5, 0.6) is 11.6 Å². The number of fused-ring (bicyclic) bond motifs is 1. The van der Waals surface area contributed by atoms with Crippen LogP contribution >= 0.6 is 11.6 Å². The molecule has 1 aromatic heterocycles. The summed E-state index contributed by atoms with van der Waals surface area (Å²) < 4.78 is 5.74. The Labute approximate surface area is 114 Å². The van der Waals surface area contributed by atoms with E-state index in [0.29, 0.717) is 22.3 Å². The number of nitrogen functional groups attached to an aromatic ring is 1. The van der Waals surface area contributed by atoms with Gasteiger partial charge in [-0.25, -0.2) is 9.97 Å². The zero-order chi connectivity index (χ0) is 13.2. The highest BCUT2D eigenvalue weighted by atomic mass is 35.5. The fraction of sp³-hybridized carbons (Fsp3) is 0. The minimum atomic E-state index is 0.455. The number of benzene rings is 2. The molecule has 3 rings (SSSR count). The maximum atomic E-state index is 5.96. The highest BCUT2D eigenvalue weighted by Gasteiger charge is 2.06. The molecule has 4 nitrogen and oxygen atoms in total. The first kappa shape index (κ1) is 11.7. The predicted molar refractivity (Wildman–Crippen MR) is 75.5 cm³/mol. The second-order valence-electron chi connectivity index (χ2n) is 3.98. The average molecular weight is 272 g/mol. The summed E-state index contributed by atoms with van der Waals surface area (Å²) in [6.45, 7) is 0. The summed E-state index contributed by atoms with van der Waals surface area (Å²) in [5, 5.41) is 1.30. The number of ether oxygens (including phenoxy) is 1. The van der Waals surface area contributed by atoms with E-state index in [-0.39, 0.29) is 0 Å². The molecule has 0 aliphatic carbocycles. The van der Waals surface area contributed by atoms with Crippen LogP contribution in [-0.4, -0.2) is 9.97 Å². The van der Waals surface area contributed by atoms with Gasteiger partial charge in [-0.1, -0.05) is 23.7 Å². The molecule has 3 aromatic rings. The number of anilines is 1. The first-order chi connectivity index (χ1) is 9.24. The second-order valence-corrected chi connectivity index (χ2v) is 4.39. The van der Waals surface area contributed by atoms with Gasteiger partial charge in [-0.3, -0.25) is 0 Å². The van der Waals surface area contributed by atoms with Crippen molar-refractivity contribution in [3.63, 3.8) is 0 Å². The molecule has 0 amide bonds. The molecule has 5 heteroatoms. The van der Waals surface area contributed by atoms with Crippen LogP contribution in [0.4, 0.5) is 5.69 Å². The highest BCUT2D eigenvalue weighted by Crippen LogP contribution is 2.30. The van der Waals surface area contributed by atoms with Crippen LogP contribution in [0.15, 0.2) is 48.8 Å². The lowest BCUT2D eigenvalue weighted by Gasteiger charge is -2.08. The van der Waals surface area contributed by atoms with Gasteiger partial charge in [0.25, 0.3) is 0 Å². The molecule has 2 aromatic carbocycles. The number of nitrogens with zero attached hydrogens (tertiary/aromatic N) is 2. The van der Waals surface area contributed by atoms with E-state index in [4.69, 9.17) is 22.1 Å². The third kappa shape index (κ3) is 2.30. The summed E-state index contributed by atoms with van der Waals surface area (Å²) >= 11 is 5.96. The summed E-state index contributed by atoms with van der Waals surface area (Å²) in [4.78, 5) is 8.32. The van der Waals surface area contributed by atoms with Gasteiger partial charge in [-0.15, -0.1) is 0 Å². The van der Waals surface area contributed by atoms with E-state index in [1.54, 1.807) is 18.2 Å². The van der Waals surface area contributed by atoms with E-state index in [2.05, 4.69) is 9.97 Å². The number of rotatable bonds is 2. The summed E-state index contributed by atoms with van der Waals surface area (Å²) in [7, 11) is 0. The molecular weight excluding hydrogens is 262 g/mol. The maximum absolute atomic E-state index is 5.96. The molecule has 1 heterocycles. The zero-order valence-electron chi connectivity index (χ0n) is 9.88. The van der Waals surface area contributed by atoms with Gasteiger partial charge in [0.15, 0.2) is 0 Å². The van der Waals surface area contributed by atoms with Gasteiger partial charge >= 0.3 is 0 Å². The zero-order valence-corrected chi connectivity index (χ0v) is 10.6. The number of nitrogens with two attached hydrogens (primary N) is 1. The number of hydrogen-bond donors (Lipinski definition) is 1. The molecule has 2 N–H and O–H groups in total. The molecule has 0 spiro atoms. The minimum absolute atomic E-state index is 0.455. The smallest absolute Gasteiger partial charge is 0.230 e. The molecular formula is C14H10ClN3O. The number of aromatic nitrogens is 2. The van der Waals surface area contributed by atoms with Crippen molar-refractivity contribution in [2.75, 3.05) is 5.73 Å². The quantitative estimate of drug-likeness (QED) is 0.723. The van der Waals surface area contributed by atoms with Crippen molar-refractivity contribution in [2.24, 2.45) is 0 Å². The molecule has 0 fully saturated rings. The molecule has 0 aliphatic rings. The Hall–Kier alpha value is -2.33. The lowest BCUT2D eigenvalue weighted by molar-refractivity contribution is 0.468. The minimum Gasteiger partial charge on any atom is -0.438 e. The number of para-hydroxylation sites is 1. The van der Waals surface area contributed by atoms with Crippen LogP contribution in [0.3, 0.4) is 0 Å². The predicted octanol–water partition coefficient (Wildman–Crippen LogP) is 3.66. The first-order valence-corrected chi connectivity index (χ1v) is 6.04. The SMILES string of the molecule is Nc1ccc(Oc2ncnc3ccccc23)cc1Cl. The monoisotopic (exact) mass is 271 g/mol. The van der Waals surface area contributed by atoms with E-state index in [1.807, 2.05) is 24.3 Å². The Morgan fingerprint density at radius 1 is 1.05 bits per heavy atom. The summed E-state index contributed by atoms with van der Waals surface area (Å²) in [5.41, 5.74) is 7.00. The van der Waals surface area contributed by atoms with Crippen LogP contribution in [0.2, 0.25) is 5.02 Å². The number of halogens is 1. The maximum Gasteiger partial charge on any atom is 0.230 e. The Balaban J connectivity index is 2.03. The topological polar surface area (TPSA) is 61.0 Å². The second kappa shape index (κ2) is 4.74. The van der Waals surface area contributed by atoms with Gasteiger partial charge < -0.3 is 10.5 Å². The Morgan fingerprint density at radius 3 is 2.74 bits per heavy atom. The van der Waals surface area contributed by atoms with Gasteiger partial charge in [-0.2, -0.15) is 0 Å². The van der Waals surface area contributed by atoms with Crippen LogP contribution in [0.25, 0.3) is 10.9 Å². The third-order valence-corrected chi connectivity index (χ3v) is 3.02. The molecule has 0 aliphatic heterocycles. The molecule has 0 radical (unpaired) electrons. The lowest BCUT2D eigenvalue weighted by Crippen LogP contribution is -1.92. The van der Waals surface area contributed by atoms with E-state index in [0.717, 1.165) is 10.9 Å².